The Kier molecular flexibility index (Phi) is 11.0. The molecule has 42 heavy (non-hydrogen) atoms. The number of benzene rings is 1. The lowest BCUT2D eigenvalue weighted by molar-refractivity contribution is -0.156. The fourth-order valence-corrected chi connectivity index (χ4v) is 5.55. The quantitative estimate of drug-likeness (QED) is 0.210. The highest BCUT2D eigenvalue weighted by Gasteiger charge is 2.27. The Morgan fingerprint density at radius 1 is 1.05 bits per heavy atom. The highest BCUT2D eigenvalue weighted by Crippen LogP contribution is 2.24. The number of carbonyl (C=O) groups is 2. The number of pyridine rings is 1. The molecule has 2 N–H and O–H groups in total. The molecule has 9 heteroatoms. The van der Waals surface area contributed by atoms with Crippen molar-refractivity contribution in [1.82, 2.24) is 25.0 Å². The maximum absolute atomic E-state index is 13.3. The van der Waals surface area contributed by atoms with Crippen molar-refractivity contribution in [3.05, 3.63) is 53.3 Å². The second-order valence-corrected chi connectivity index (χ2v) is 12.4. The molecule has 1 aliphatic carbocycles. The first-order valence-corrected chi connectivity index (χ1v) is 15.4. The normalized spacial score (nSPS) is 14.0. The average molecular weight is 577 g/mol. The van der Waals surface area contributed by atoms with E-state index in [2.05, 4.69) is 32.8 Å². The molecule has 1 atom stereocenters. The minimum atomic E-state index is -0.598. The first-order valence-electron chi connectivity index (χ1n) is 15.4. The smallest absolute Gasteiger partial charge is 0.329 e. The molecule has 0 radical (unpaired) electrons. The second-order valence-electron chi connectivity index (χ2n) is 12.4. The number of carbonyl (C=O) groups excluding carboxylic acids is 2. The Bertz CT molecular complexity index is 1350. The molecule has 0 saturated heterocycles. The Labute approximate surface area is 250 Å². The summed E-state index contributed by atoms with van der Waals surface area (Å²) in [6, 6.07) is 11.9. The van der Waals surface area contributed by atoms with Crippen LogP contribution in [-0.2, 0) is 40.6 Å². The predicted octanol–water partition coefficient (Wildman–Crippen LogP) is 4.82. The number of amides is 1. The lowest BCUT2D eigenvalue weighted by Gasteiger charge is -2.27. The summed E-state index contributed by atoms with van der Waals surface area (Å²) >= 11 is 0. The number of rotatable bonds is 14. The van der Waals surface area contributed by atoms with Gasteiger partial charge in [-0.15, -0.1) is 0 Å². The molecule has 2 heterocycles. The van der Waals surface area contributed by atoms with Gasteiger partial charge in [-0.2, -0.15) is 5.10 Å². The molecule has 1 amide bonds. The van der Waals surface area contributed by atoms with E-state index in [1.165, 1.54) is 36.7 Å². The average Bonchev–Trinajstić information content (AvgIpc) is 3.26. The molecule has 0 spiro atoms. The van der Waals surface area contributed by atoms with Gasteiger partial charge in [0.05, 0.1) is 5.52 Å². The molecule has 0 saturated carbocycles. The number of hydrogen-bond acceptors (Lipinski definition) is 7. The molecule has 9 nitrogen and oxygen atoms in total. The first kappa shape index (κ1) is 31.5. The van der Waals surface area contributed by atoms with Crippen LogP contribution in [0.3, 0.4) is 0 Å². The number of anilines is 1. The third-order valence-corrected chi connectivity index (χ3v) is 7.69. The lowest BCUT2D eigenvalue weighted by atomic mass is 9.95. The third kappa shape index (κ3) is 9.28. The van der Waals surface area contributed by atoms with Crippen LogP contribution >= 0.6 is 0 Å². The summed E-state index contributed by atoms with van der Waals surface area (Å²) in [5.74, 6) is 0.340. The van der Waals surface area contributed by atoms with Crippen LogP contribution in [0.4, 0.5) is 5.82 Å². The molecule has 0 bridgehead atoms. The van der Waals surface area contributed by atoms with Gasteiger partial charge in [-0.05, 0) is 102 Å². The molecular formula is C33H48N6O3. The van der Waals surface area contributed by atoms with Crippen LogP contribution in [0.5, 0.6) is 0 Å². The number of unbranched alkanes of at least 4 members (excludes halogenated alkanes) is 1. The Morgan fingerprint density at radius 2 is 1.83 bits per heavy atom. The summed E-state index contributed by atoms with van der Waals surface area (Å²) in [4.78, 5) is 32.1. The van der Waals surface area contributed by atoms with Crippen molar-refractivity contribution in [2.45, 2.75) is 90.7 Å². The third-order valence-electron chi connectivity index (χ3n) is 7.69. The van der Waals surface area contributed by atoms with E-state index in [1.807, 2.05) is 56.8 Å². The Balaban J connectivity index is 1.39. The van der Waals surface area contributed by atoms with Crippen molar-refractivity contribution in [3.63, 3.8) is 0 Å². The molecule has 0 unspecified atom stereocenters. The van der Waals surface area contributed by atoms with E-state index >= 15 is 0 Å². The van der Waals surface area contributed by atoms with E-state index in [0.717, 1.165) is 49.6 Å². The van der Waals surface area contributed by atoms with Crippen molar-refractivity contribution < 1.29 is 14.3 Å². The van der Waals surface area contributed by atoms with Crippen LogP contribution in [0.2, 0.25) is 0 Å². The number of nitrogens with one attached hydrogen (secondary N) is 2. The van der Waals surface area contributed by atoms with Gasteiger partial charge in [-0.3, -0.25) is 14.5 Å². The maximum Gasteiger partial charge on any atom is 0.329 e. The SMILES string of the molecule is CC(=O)NCCN(CCCCc1ccc2c(n1)CCCC2)CC[C@H](Nc1nn(C)c2ccccc12)C(=O)OC(C)(C)C. The number of para-hydroxylation sites is 1. The summed E-state index contributed by atoms with van der Waals surface area (Å²) in [7, 11) is 1.90. The zero-order chi connectivity index (χ0) is 30.1. The molecule has 228 valence electrons. The molecule has 0 fully saturated rings. The van der Waals surface area contributed by atoms with Crippen LogP contribution in [0.1, 0.15) is 76.8 Å². The van der Waals surface area contributed by atoms with Crippen molar-refractivity contribution in [1.29, 1.82) is 0 Å². The van der Waals surface area contributed by atoms with E-state index in [0.29, 0.717) is 31.9 Å². The topological polar surface area (TPSA) is 101 Å². The number of nitrogens with zero attached hydrogens (tertiary/aromatic N) is 4. The van der Waals surface area contributed by atoms with Crippen molar-refractivity contribution in [2.75, 3.05) is 31.5 Å². The van der Waals surface area contributed by atoms with Gasteiger partial charge in [-0.25, -0.2) is 4.79 Å². The Hall–Kier alpha value is -3.46. The first-order chi connectivity index (χ1) is 20.1. The molecule has 1 aliphatic rings. The number of hydrogen-bond donors (Lipinski definition) is 2. The molecular weight excluding hydrogens is 528 g/mol. The van der Waals surface area contributed by atoms with E-state index in [-0.39, 0.29) is 11.9 Å². The van der Waals surface area contributed by atoms with Crippen molar-refractivity contribution in [3.8, 4) is 0 Å². The molecule has 1 aromatic carbocycles. The zero-order valence-electron chi connectivity index (χ0n) is 26.0. The maximum atomic E-state index is 13.3. The second kappa shape index (κ2) is 14.6. The van der Waals surface area contributed by atoms with Gasteiger partial charge >= 0.3 is 5.97 Å². The standard InChI is InChI=1S/C33H48N6O3/c1-24(40)34-20-23-39(21-11-10-13-26-18-17-25-12-6-8-15-28(25)35-26)22-19-29(32(41)42-33(2,3)4)36-31-27-14-7-9-16-30(27)38(5)37-31/h7,9,14,16-18,29H,6,8,10-13,15,19-23H2,1-5H3,(H,34,40)(H,36,37)/t29-/m0/s1. The van der Waals surface area contributed by atoms with Crippen molar-refractivity contribution >= 4 is 28.6 Å². The van der Waals surface area contributed by atoms with Crippen LogP contribution in [0, 0.1) is 0 Å². The molecule has 0 aliphatic heterocycles. The van der Waals surface area contributed by atoms with Crippen molar-refractivity contribution in [2.24, 2.45) is 7.05 Å². The fraction of sp³-hybridized carbons (Fsp3) is 0.576. The summed E-state index contributed by atoms with van der Waals surface area (Å²) in [5.41, 5.74) is 4.28. The number of esters is 1. The van der Waals surface area contributed by atoms with Gasteiger partial charge in [0.15, 0.2) is 5.82 Å². The number of fused-ring (bicyclic) bond motifs is 2. The van der Waals surface area contributed by atoms with E-state index in [4.69, 9.17) is 9.72 Å². The van der Waals surface area contributed by atoms with Gasteiger partial charge in [-0.1, -0.05) is 18.2 Å². The zero-order valence-corrected chi connectivity index (χ0v) is 26.0. The summed E-state index contributed by atoms with van der Waals surface area (Å²) in [6.45, 7) is 10.0. The fourth-order valence-electron chi connectivity index (χ4n) is 5.55. The lowest BCUT2D eigenvalue weighted by Crippen LogP contribution is -2.41. The monoisotopic (exact) mass is 576 g/mol. The van der Waals surface area contributed by atoms with E-state index < -0.39 is 11.6 Å². The minimum absolute atomic E-state index is 0.0382. The summed E-state index contributed by atoms with van der Waals surface area (Å²) < 4.78 is 7.62. The minimum Gasteiger partial charge on any atom is -0.458 e. The van der Waals surface area contributed by atoms with Crippen LogP contribution in [0.15, 0.2) is 36.4 Å². The number of ether oxygens (including phenoxy) is 1. The van der Waals surface area contributed by atoms with Gasteiger partial charge in [0, 0.05) is 50.4 Å². The highest BCUT2D eigenvalue weighted by molar-refractivity contribution is 5.92. The predicted molar refractivity (Wildman–Crippen MR) is 168 cm³/mol. The van der Waals surface area contributed by atoms with Crippen LogP contribution < -0.4 is 10.6 Å². The summed E-state index contributed by atoms with van der Waals surface area (Å²) in [5, 5.41) is 11.9. The number of aryl methyl sites for hydroxylation is 4. The van der Waals surface area contributed by atoms with E-state index in [9.17, 15) is 9.59 Å². The number of aromatic nitrogens is 3. The van der Waals surface area contributed by atoms with Crippen LogP contribution in [0.25, 0.3) is 10.9 Å². The van der Waals surface area contributed by atoms with Gasteiger partial charge in [0.2, 0.25) is 5.91 Å². The molecule has 2 aromatic heterocycles. The molecule has 4 rings (SSSR count). The largest absolute Gasteiger partial charge is 0.458 e. The van der Waals surface area contributed by atoms with Gasteiger partial charge in [0.1, 0.15) is 11.6 Å². The highest BCUT2D eigenvalue weighted by atomic mass is 16.6. The van der Waals surface area contributed by atoms with Crippen LogP contribution in [-0.4, -0.2) is 69.4 Å². The molecule has 3 aromatic rings. The van der Waals surface area contributed by atoms with E-state index in [1.54, 1.807) is 0 Å². The Morgan fingerprint density at radius 3 is 2.62 bits per heavy atom. The van der Waals surface area contributed by atoms with Gasteiger partial charge in [0.25, 0.3) is 0 Å². The van der Waals surface area contributed by atoms with Gasteiger partial charge < -0.3 is 20.3 Å². The summed E-state index contributed by atoms with van der Waals surface area (Å²) in [6.07, 6.45) is 8.31.